The van der Waals surface area contributed by atoms with Gasteiger partial charge in [-0.25, -0.2) is 0 Å². The first-order valence-electron chi connectivity index (χ1n) is 5.14. The molecule has 0 spiro atoms. The summed E-state index contributed by atoms with van der Waals surface area (Å²) in [6, 6.07) is 9.07. The standard InChI is InChI=1S/C13H11BrN2O/c1-9-6-7-15-8-12(9)16-13(17)10-2-4-11(14)5-3-10/h2-8H,1H3,(H,16,17). The smallest absolute Gasteiger partial charge is 0.255 e. The van der Waals surface area contributed by atoms with Crippen LogP contribution in [0.2, 0.25) is 0 Å². The molecule has 2 rings (SSSR count). The van der Waals surface area contributed by atoms with Crippen molar-refractivity contribution in [2.75, 3.05) is 5.32 Å². The Morgan fingerprint density at radius 1 is 1.24 bits per heavy atom. The molecule has 1 aromatic carbocycles. The van der Waals surface area contributed by atoms with Gasteiger partial charge in [0.25, 0.3) is 5.91 Å². The molecule has 0 aliphatic carbocycles. The van der Waals surface area contributed by atoms with Gasteiger partial charge in [0.15, 0.2) is 0 Å². The lowest BCUT2D eigenvalue weighted by Crippen LogP contribution is -2.12. The van der Waals surface area contributed by atoms with E-state index in [1.807, 2.05) is 25.1 Å². The highest BCUT2D eigenvalue weighted by atomic mass is 79.9. The number of pyridine rings is 1. The number of carbonyl (C=O) groups excluding carboxylic acids is 1. The van der Waals surface area contributed by atoms with Gasteiger partial charge in [0, 0.05) is 16.2 Å². The number of aryl methyl sites for hydroxylation is 1. The van der Waals surface area contributed by atoms with Crippen molar-refractivity contribution >= 4 is 27.5 Å². The molecular weight excluding hydrogens is 280 g/mol. The Morgan fingerprint density at radius 3 is 2.59 bits per heavy atom. The van der Waals surface area contributed by atoms with Crippen LogP contribution in [0, 0.1) is 6.92 Å². The predicted molar refractivity (Wildman–Crippen MR) is 71.1 cm³/mol. The highest BCUT2D eigenvalue weighted by molar-refractivity contribution is 9.10. The molecule has 0 fully saturated rings. The summed E-state index contributed by atoms with van der Waals surface area (Å²) in [5.74, 6) is -0.131. The van der Waals surface area contributed by atoms with E-state index in [0.717, 1.165) is 15.7 Å². The minimum atomic E-state index is -0.131. The topological polar surface area (TPSA) is 42.0 Å². The molecule has 1 aromatic heterocycles. The summed E-state index contributed by atoms with van der Waals surface area (Å²) in [7, 11) is 0. The third-order valence-corrected chi connectivity index (χ3v) is 2.92. The second-order valence-electron chi connectivity index (χ2n) is 3.65. The summed E-state index contributed by atoms with van der Waals surface area (Å²) in [5.41, 5.74) is 2.35. The predicted octanol–water partition coefficient (Wildman–Crippen LogP) is 3.40. The number of amides is 1. The van der Waals surface area contributed by atoms with Gasteiger partial charge >= 0.3 is 0 Å². The molecule has 0 atom stereocenters. The number of hydrogen-bond acceptors (Lipinski definition) is 2. The van der Waals surface area contributed by atoms with Gasteiger partial charge in [-0.05, 0) is 42.8 Å². The molecule has 0 bridgehead atoms. The van der Waals surface area contributed by atoms with E-state index in [9.17, 15) is 4.79 Å². The van der Waals surface area contributed by atoms with E-state index in [1.165, 1.54) is 0 Å². The van der Waals surface area contributed by atoms with Crippen molar-refractivity contribution < 1.29 is 4.79 Å². The summed E-state index contributed by atoms with van der Waals surface area (Å²) >= 11 is 3.33. The van der Waals surface area contributed by atoms with Gasteiger partial charge in [-0.15, -0.1) is 0 Å². The fourth-order valence-electron chi connectivity index (χ4n) is 1.39. The van der Waals surface area contributed by atoms with Gasteiger partial charge in [-0.2, -0.15) is 0 Å². The maximum Gasteiger partial charge on any atom is 0.255 e. The fourth-order valence-corrected chi connectivity index (χ4v) is 1.65. The average Bonchev–Trinajstić information content (AvgIpc) is 2.33. The number of hydrogen-bond donors (Lipinski definition) is 1. The molecular formula is C13H11BrN2O. The minimum absolute atomic E-state index is 0.131. The Labute approximate surface area is 108 Å². The van der Waals surface area contributed by atoms with Crippen molar-refractivity contribution in [1.29, 1.82) is 0 Å². The van der Waals surface area contributed by atoms with Crippen molar-refractivity contribution in [3.63, 3.8) is 0 Å². The molecule has 1 amide bonds. The van der Waals surface area contributed by atoms with E-state index in [1.54, 1.807) is 24.5 Å². The summed E-state index contributed by atoms with van der Waals surface area (Å²) < 4.78 is 0.951. The first-order chi connectivity index (χ1) is 8.16. The van der Waals surface area contributed by atoms with Gasteiger partial charge in [0.05, 0.1) is 11.9 Å². The minimum Gasteiger partial charge on any atom is -0.320 e. The molecule has 0 aliphatic rings. The van der Waals surface area contributed by atoms with E-state index in [2.05, 4.69) is 26.2 Å². The second-order valence-corrected chi connectivity index (χ2v) is 4.57. The van der Waals surface area contributed by atoms with E-state index >= 15 is 0 Å². The zero-order valence-electron chi connectivity index (χ0n) is 9.27. The van der Waals surface area contributed by atoms with Gasteiger partial charge in [-0.3, -0.25) is 9.78 Å². The molecule has 0 saturated heterocycles. The number of rotatable bonds is 2. The number of halogens is 1. The van der Waals surface area contributed by atoms with Crippen molar-refractivity contribution in [1.82, 2.24) is 4.98 Å². The quantitative estimate of drug-likeness (QED) is 0.921. The first kappa shape index (κ1) is 11.8. The number of aromatic nitrogens is 1. The Morgan fingerprint density at radius 2 is 1.94 bits per heavy atom. The van der Waals surface area contributed by atoms with Crippen molar-refractivity contribution in [2.24, 2.45) is 0 Å². The zero-order valence-corrected chi connectivity index (χ0v) is 10.9. The van der Waals surface area contributed by atoms with E-state index < -0.39 is 0 Å². The van der Waals surface area contributed by atoms with Crippen LogP contribution >= 0.6 is 15.9 Å². The SMILES string of the molecule is Cc1ccncc1NC(=O)c1ccc(Br)cc1. The molecule has 0 aliphatic heterocycles. The Hall–Kier alpha value is -1.68. The van der Waals surface area contributed by atoms with Crippen LogP contribution in [0.15, 0.2) is 47.2 Å². The van der Waals surface area contributed by atoms with Crippen molar-refractivity contribution in [3.8, 4) is 0 Å². The molecule has 1 N–H and O–H groups in total. The monoisotopic (exact) mass is 290 g/mol. The van der Waals surface area contributed by atoms with Gasteiger partial charge in [-0.1, -0.05) is 15.9 Å². The van der Waals surface area contributed by atoms with Gasteiger partial charge in [0.2, 0.25) is 0 Å². The lowest BCUT2D eigenvalue weighted by atomic mass is 10.2. The zero-order chi connectivity index (χ0) is 12.3. The molecule has 4 heteroatoms. The number of nitrogens with one attached hydrogen (secondary N) is 1. The van der Waals surface area contributed by atoms with E-state index in [-0.39, 0.29) is 5.91 Å². The highest BCUT2D eigenvalue weighted by Crippen LogP contribution is 2.15. The lowest BCUT2D eigenvalue weighted by Gasteiger charge is -2.07. The molecule has 1 heterocycles. The average molecular weight is 291 g/mol. The Bertz CT molecular complexity index is 537. The molecule has 2 aromatic rings. The molecule has 17 heavy (non-hydrogen) atoms. The van der Waals surface area contributed by atoms with Gasteiger partial charge in [0.1, 0.15) is 0 Å². The van der Waals surface area contributed by atoms with Gasteiger partial charge < -0.3 is 5.32 Å². The summed E-state index contributed by atoms with van der Waals surface area (Å²) in [6.07, 6.45) is 3.34. The van der Waals surface area contributed by atoms with Crippen LogP contribution in [0.1, 0.15) is 15.9 Å². The Kier molecular flexibility index (Phi) is 3.54. The summed E-state index contributed by atoms with van der Waals surface area (Å²) in [4.78, 5) is 15.9. The van der Waals surface area contributed by atoms with Crippen LogP contribution in [0.25, 0.3) is 0 Å². The maximum atomic E-state index is 11.9. The van der Waals surface area contributed by atoms with Crippen molar-refractivity contribution in [3.05, 3.63) is 58.3 Å². The molecule has 86 valence electrons. The summed E-state index contributed by atoms with van der Waals surface area (Å²) in [5, 5.41) is 2.83. The third kappa shape index (κ3) is 2.91. The van der Waals surface area contributed by atoms with Crippen LogP contribution in [0.5, 0.6) is 0 Å². The number of benzene rings is 1. The molecule has 0 unspecified atom stereocenters. The van der Waals surface area contributed by atoms with Crippen molar-refractivity contribution in [2.45, 2.75) is 6.92 Å². The molecule has 0 saturated carbocycles. The van der Waals surface area contributed by atoms with Crippen LogP contribution < -0.4 is 5.32 Å². The highest BCUT2D eigenvalue weighted by Gasteiger charge is 2.07. The summed E-state index contributed by atoms with van der Waals surface area (Å²) in [6.45, 7) is 1.93. The number of carbonyl (C=O) groups is 1. The fraction of sp³-hybridized carbons (Fsp3) is 0.0769. The first-order valence-corrected chi connectivity index (χ1v) is 5.93. The van der Waals surface area contributed by atoms with Crippen LogP contribution in [0.4, 0.5) is 5.69 Å². The maximum absolute atomic E-state index is 11.9. The lowest BCUT2D eigenvalue weighted by molar-refractivity contribution is 0.102. The molecule has 3 nitrogen and oxygen atoms in total. The molecule has 0 radical (unpaired) electrons. The van der Waals surface area contributed by atoms with Crippen LogP contribution in [-0.2, 0) is 0 Å². The normalized spacial score (nSPS) is 10.0. The van der Waals surface area contributed by atoms with Crippen LogP contribution in [0.3, 0.4) is 0 Å². The Balaban J connectivity index is 2.17. The number of nitrogens with zero attached hydrogens (tertiary/aromatic N) is 1. The second kappa shape index (κ2) is 5.10. The van der Waals surface area contributed by atoms with E-state index in [4.69, 9.17) is 0 Å². The van der Waals surface area contributed by atoms with E-state index in [0.29, 0.717) is 5.56 Å². The largest absolute Gasteiger partial charge is 0.320 e. The number of anilines is 1. The third-order valence-electron chi connectivity index (χ3n) is 2.39. The van der Waals surface area contributed by atoms with Crippen LogP contribution in [-0.4, -0.2) is 10.9 Å².